The third-order valence-corrected chi connectivity index (χ3v) is 4.32. The summed E-state index contributed by atoms with van der Waals surface area (Å²) in [5.74, 6) is -2.25. The first-order valence-corrected chi connectivity index (χ1v) is 8.77. The summed E-state index contributed by atoms with van der Waals surface area (Å²) in [4.78, 5) is 36.4. The Labute approximate surface area is 161 Å². The first-order chi connectivity index (χ1) is 13.5. The molecule has 8 nitrogen and oxygen atoms in total. The predicted molar refractivity (Wildman–Crippen MR) is 103 cm³/mol. The SMILES string of the molecule is C[C@H](NC(=O)[C@H](Cc1ccccc1)NC(=O)c1n[nH]c2ccccc12)C(=O)O. The van der Waals surface area contributed by atoms with E-state index in [0.29, 0.717) is 10.9 Å². The van der Waals surface area contributed by atoms with Crippen LogP contribution in [0.3, 0.4) is 0 Å². The van der Waals surface area contributed by atoms with Crippen molar-refractivity contribution >= 4 is 28.7 Å². The molecule has 1 heterocycles. The number of hydrogen-bond acceptors (Lipinski definition) is 4. The lowest BCUT2D eigenvalue weighted by atomic mass is 10.0. The van der Waals surface area contributed by atoms with Crippen molar-refractivity contribution in [1.29, 1.82) is 0 Å². The van der Waals surface area contributed by atoms with Crippen molar-refractivity contribution < 1.29 is 19.5 Å². The predicted octanol–water partition coefficient (Wildman–Crippen LogP) is 1.49. The van der Waals surface area contributed by atoms with Crippen molar-refractivity contribution in [2.24, 2.45) is 0 Å². The number of H-pyrrole nitrogens is 1. The van der Waals surface area contributed by atoms with E-state index in [4.69, 9.17) is 5.11 Å². The molecule has 0 spiro atoms. The van der Waals surface area contributed by atoms with Crippen LogP contribution in [0.2, 0.25) is 0 Å². The molecule has 0 radical (unpaired) electrons. The zero-order valence-corrected chi connectivity index (χ0v) is 15.2. The second kappa shape index (κ2) is 8.34. The number of hydrogen-bond donors (Lipinski definition) is 4. The zero-order chi connectivity index (χ0) is 20.1. The number of nitrogens with one attached hydrogen (secondary N) is 3. The summed E-state index contributed by atoms with van der Waals surface area (Å²) in [6, 6.07) is 14.3. The smallest absolute Gasteiger partial charge is 0.325 e. The Kier molecular flexibility index (Phi) is 5.69. The molecule has 0 saturated heterocycles. The highest BCUT2D eigenvalue weighted by Gasteiger charge is 2.26. The number of carbonyl (C=O) groups is 3. The number of aromatic nitrogens is 2. The molecule has 0 aliphatic carbocycles. The molecule has 0 fully saturated rings. The summed E-state index contributed by atoms with van der Waals surface area (Å²) in [7, 11) is 0. The zero-order valence-electron chi connectivity index (χ0n) is 15.2. The maximum Gasteiger partial charge on any atom is 0.325 e. The molecule has 3 rings (SSSR count). The molecule has 28 heavy (non-hydrogen) atoms. The van der Waals surface area contributed by atoms with Gasteiger partial charge in [0.15, 0.2) is 5.69 Å². The van der Waals surface area contributed by atoms with Crippen LogP contribution in [0.1, 0.15) is 23.0 Å². The number of para-hydroxylation sites is 1. The van der Waals surface area contributed by atoms with Gasteiger partial charge in [-0.15, -0.1) is 0 Å². The van der Waals surface area contributed by atoms with E-state index in [1.807, 2.05) is 36.4 Å². The van der Waals surface area contributed by atoms with Crippen molar-refractivity contribution in [3.05, 3.63) is 65.9 Å². The van der Waals surface area contributed by atoms with Crippen LogP contribution in [0.5, 0.6) is 0 Å². The fourth-order valence-corrected chi connectivity index (χ4v) is 2.80. The third kappa shape index (κ3) is 4.35. The quantitative estimate of drug-likeness (QED) is 0.494. The summed E-state index contributed by atoms with van der Waals surface area (Å²) >= 11 is 0. The van der Waals surface area contributed by atoms with Crippen LogP contribution >= 0.6 is 0 Å². The summed E-state index contributed by atoms with van der Waals surface area (Å²) in [5.41, 5.74) is 1.71. The van der Waals surface area contributed by atoms with Crippen molar-refractivity contribution in [2.75, 3.05) is 0 Å². The van der Waals surface area contributed by atoms with Crippen molar-refractivity contribution in [1.82, 2.24) is 20.8 Å². The van der Waals surface area contributed by atoms with Crippen molar-refractivity contribution in [3.8, 4) is 0 Å². The van der Waals surface area contributed by atoms with Gasteiger partial charge in [0.05, 0.1) is 5.52 Å². The lowest BCUT2D eigenvalue weighted by Crippen LogP contribution is -2.51. The Morgan fingerprint density at radius 3 is 2.43 bits per heavy atom. The number of aliphatic carboxylic acids is 1. The fourth-order valence-electron chi connectivity index (χ4n) is 2.80. The van der Waals surface area contributed by atoms with E-state index in [9.17, 15) is 14.4 Å². The van der Waals surface area contributed by atoms with Gasteiger partial charge < -0.3 is 15.7 Å². The third-order valence-electron chi connectivity index (χ3n) is 4.32. The molecule has 8 heteroatoms. The van der Waals surface area contributed by atoms with Crippen molar-refractivity contribution in [2.45, 2.75) is 25.4 Å². The maximum atomic E-state index is 12.8. The van der Waals surface area contributed by atoms with Gasteiger partial charge >= 0.3 is 5.97 Å². The molecule has 0 saturated carbocycles. The Hall–Kier alpha value is -3.68. The van der Waals surface area contributed by atoms with Crippen LogP contribution < -0.4 is 10.6 Å². The van der Waals surface area contributed by atoms with E-state index < -0.39 is 29.9 Å². The van der Waals surface area contributed by atoms with E-state index in [2.05, 4.69) is 20.8 Å². The minimum absolute atomic E-state index is 0.174. The van der Waals surface area contributed by atoms with E-state index >= 15 is 0 Å². The van der Waals surface area contributed by atoms with Crippen LogP contribution in [-0.4, -0.2) is 45.2 Å². The molecule has 0 bridgehead atoms. The van der Waals surface area contributed by atoms with Gasteiger partial charge in [-0.3, -0.25) is 19.5 Å². The highest BCUT2D eigenvalue weighted by atomic mass is 16.4. The number of fused-ring (bicyclic) bond motifs is 1. The lowest BCUT2D eigenvalue weighted by Gasteiger charge is -2.20. The molecular weight excluding hydrogens is 360 g/mol. The van der Waals surface area contributed by atoms with Gasteiger partial charge in [-0.1, -0.05) is 48.5 Å². The van der Waals surface area contributed by atoms with E-state index in [0.717, 1.165) is 5.56 Å². The van der Waals surface area contributed by atoms with Crippen molar-refractivity contribution in [3.63, 3.8) is 0 Å². The Bertz CT molecular complexity index is 1000. The average Bonchev–Trinajstić information content (AvgIpc) is 3.12. The number of aromatic amines is 1. The van der Waals surface area contributed by atoms with Gasteiger partial charge in [-0.05, 0) is 18.6 Å². The van der Waals surface area contributed by atoms with Gasteiger partial charge in [0.2, 0.25) is 5.91 Å². The van der Waals surface area contributed by atoms with Gasteiger partial charge in [-0.2, -0.15) is 5.10 Å². The second-order valence-corrected chi connectivity index (χ2v) is 6.40. The van der Waals surface area contributed by atoms with Gasteiger partial charge in [0.1, 0.15) is 12.1 Å². The molecule has 3 aromatic rings. The maximum absolute atomic E-state index is 12.8. The number of carbonyl (C=O) groups excluding carboxylic acids is 2. The second-order valence-electron chi connectivity index (χ2n) is 6.40. The molecule has 0 aliphatic rings. The number of rotatable bonds is 7. The number of carboxylic acid groups (broad SMARTS) is 1. The van der Waals surface area contributed by atoms with E-state index in [-0.39, 0.29) is 12.1 Å². The van der Waals surface area contributed by atoms with Crippen LogP contribution in [0.15, 0.2) is 54.6 Å². The molecule has 144 valence electrons. The molecule has 4 N–H and O–H groups in total. The molecule has 0 unspecified atom stereocenters. The Morgan fingerprint density at radius 1 is 1.04 bits per heavy atom. The largest absolute Gasteiger partial charge is 0.480 e. The van der Waals surface area contributed by atoms with Crippen LogP contribution in [0.4, 0.5) is 0 Å². The minimum atomic E-state index is -1.16. The molecule has 1 aromatic heterocycles. The molecule has 0 aliphatic heterocycles. The molecule has 2 atom stereocenters. The summed E-state index contributed by atoms with van der Waals surface area (Å²) in [6.07, 6.45) is 0.215. The van der Waals surface area contributed by atoms with Crippen LogP contribution in [-0.2, 0) is 16.0 Å². The number of nitrogens with zero attached hydrogens (tertiary/aromatic N) is 1. The lowest BCUT2D eigenvalue weighted by molar-refractivity contribution is -0.141. The van der Waals surface area contributed by atoms with E-state index in [1.165, 1.54) is 6.92 Å². The highest BCUT2D eigenvalue weighted by molar-refractivity contribution is 6.06. The van der Waals surface area contributed by atoms with E-state index in [1.54, 1.807) is 18.2 Å². The first kappa shape index (κ1) is 19.1. The van der Waals surface area contributed by atoms with Crippen LogP contribution in [0.25, 0.3) is 10.9 Å². The summed E-state index contributed by atoms with van der Waals surface area (Å²) in [6.45, 7) is 1.36. The fraction of sp³-hybridized carbons (Fsp3) is 0.200. The average molecular weight is 380 g/mol. The molecular formula is C20H20N4O4. The molecule has 2 amide bonds. The monoisotopic (exact) mass is 380 g/mol. The van der Waals surface area contributed by atoms with Gasteiger partial charge in [0.25, 0.3) is 5.91 Å². The normalized spacial score (nSPS) is 12.9. The number of benzene rings is 2. The number of amides is 2. The Balaban J connectivity index is 1.82. The molecule has 2 aromatic carbocycles. The number of carboxylic acids is 1. The van der Waals surface area contributed by atoms with Crippen LogP contribution in [0, 0.1) is 0 Å². The summed E-state index contributed by atoms with van der Waals surface area (Å²) < 4.78 is 0. The first-order valence-electron chi connectivity index (χ1n) is 8.77. The highest BCUT2D eigenvalue weighted by Crippen LogP contribution is 2.15. The standard InChI is InChI=1S/C20H20N4O4/c1-12(20(27)28)21-18(25)16(11-13-7-3-2-4-8-13)22-19(26)17-14-9-5-6-10-15(14)23-24-17/h2-10,12,16H,11H2,1H3,(H,21,25)(H,22,26)(H,23,24)(H,27,28)/t12-,16-/m0/s1. The Morgan fingerprint density at radius 2 is 1.71 bits per heavy atom. The van der Waals surface area contributed by atoms with Gasteiger partial charge in [0, 0.05) is 11.8 Å². The topological polar surface area (TPSA) is 124 Å². The summed E-state index contributed by atoms with van der Waals surface area (Å²) in [5, 5.41) is 21.6. The minimum Gasteiger partial charge on any atom is -0.480 e. The van der Waals surface area contributed by atoms with Gasteiger partial charge in [-0.25, -0.2) is 0 Å².